The standard InChI is InChI=1S/C22H23F2N5O3/c1-25-21-10-14(4-6-26-21)22(30)29-7-9-32-20(13-29)19-11-15(27-28-19)5-8-31-16-2-3-17(23)18(24)12-16/h2-4,6,10-12,20H,5,7-9,13H2,1H3,(H,25,26)(H,27,28)/t20-/m1/s1. The molecule has 1 fully saturated rings. The summed E-state index contributed by atoms with van der Waals surface area (Å²) in [6, 6.07) is 8.68. The lowest BCUT2D eigenvalue weighted by Gasteiger charge is -2.32. The van der Waals surface area contributed by atoms with Gasteiger partial charge in [0.25, 0.3) is 5.91 Å². The molecule has 3 aromatic rings. The Labute approximate surface area is 183 Å². The number of halogens is 2. The van der Waals surface area contributed by atoms with E-state index < -0.39 is 11.6 Å². The van der Waals surface area contributed by atoms with Crippen LogP contribution in [0.1, 0.15) is 27.8 Å². The van der Waals surface area contributed by atoms with E-state index in [0.717, 1.165) is 17.8 Å². The number of ether oxygens (including phenoxy) is 2. The van der Waals surface area contributed by atoms with Gasteiger partial charge in [-0.15, -0.1) is 0 Å². The Hall–Kier alpha value is -3.53. The Bertz CT molecular complexity index is 1090. The zero-order valence-electron chi connectivity index (χ0n) is 17.5. The van der Waals surface area contributed by atoms with Gasteiger partial charge in [-0.2, -0.15) is 5.10 Å². The number of pyridine rings is 1. The van der Waals surface area contributed by atoms with Crippen molar-refractivity contribution in [3.05, 3.63) is 71.2 Å². The van der Waals surface area contributed by atoms with E-state index in [2.05, 4.69) is 20.5 Å². The van der Waals surface area contributed by atoms with Gasteiger partial charge in [0, 0.05) is 43.5 Å². The number of anilines is 1. The average molecular weight is 443 g/mol. The first-order chi connectivity index (χ1) is 15.5. The number of nitrogens with one attached hydrogen (secondary N) is 2. The molecule has 0 spiro atoms. The van der Waals surface area contributed by atoms with Gasteiger partial charge in [0.15, 0.2) is 11.6 Å². The van der Waals surface area contributed by atoms with E-state index in [1.54, 1.807) is 30.3 Å². The highest BCUT2D eigenvalue weighted by atomic mass is 19.2. The lowest BCUT2D eigenvalue weighted by molar-refractivity contribution is -0.0247. The molecular formula is C22H23F2N5O3. The molecule has 0 radical (unpaired) electrons. The van der Waals surface area contributed by atoms with Crippen LogP contribution in [0.3, 0.4) is 0 Å². The number of carbonyl (C=O) groups excluding carboxylic acids is 1. The molecule has 0 unspecified atom stereocenters. The molecule has 168 valence electrons. The molecule has 0 bridgehead atoms. The van der Waals surface area contributed by atoms with E-state index in [1.165, 1.54) is 6.07 Å². The van der Waals surface area contributed by atoms with Crippen LogP contribution >= 0.6 is 0 Å². The van der Waals surface area contributed by atoms with Crippen molar-refractivity contribution in [1.82, 2.24) is 20.1 Å². The van der Waals surface area contributed by atoms with Gasteiger partial charge < -0.3 is 19.7 Å². The van der Waals surface area contributed by atoms with Gasteiger partial charge in [-0.05, 0) is 30.3 Å². The summed E-state index contributed by atoms with van der Waals surface area (Å²) in [4.78, 5) is 18.8. The van der Waals surface area contributed by atoms with Gasteiger partial charge in [0.1, 0.15) is 17.7 Å². The van der Waals surface area contributed by atoms with Crippen molar-refractivity contribution in [3.63, 3.8) is 0 Å². The number of hydrogen-bond donors (Lipinski definition) is 2. The van der Waals surface area contributed by atoms with E-state index >= 15 is 0 Å². The Morgan fingerprint density at radius 2 is 2.16 bits per heavy atom. The molecule has 1 amide bonds. The highest BCUT2D eigenvalue weighted by molar-refractivity contribution is 5.94. The molecule has 1 aliphatic heterocycles. The van der Waals surface area contributed by atoms with Crippen molar-refractivity contribution in [2.24, 2.45) is 0 Å². The van der Waals surface area contributed by atoms with Crippen molar-refractivity contribution in [2.45, 2.75) is 12.5 Å². The lowest BCUT2D eigenvalue weighted by Crippen LogP contribution is -2.42. The van der Waals surface area contributed by atoms with E-state index in [-0.39, 0.29) is 24.4 Å². The zero-order chi connectivity index (χ0) is 22.5. The number of morpholine rings is 1. The topological polar surface area (TPSA) is 92.4 Å². The summed E-state index contributed by atoms with van der Waals surface area (Å²) in [5, 5.41) is 10.2. The third-order valence-electron chi connectivity index (χ3n) is 5.13. The molecule has 1 aromatic carbocycles. The predicted octanol–water partition coefficient (Wildman–Crippen LogP) is 2.96. The fourth-order valence-electron chi connectivity index (χ4n) is 3.41. The van der Waals surface area contributed by atoms with Gasteiger partial charge in [-0.1, -0.05) is 0 Å². The number of amides is 1. The summed E-state index contributed by atoms with van der Waals surface area (Å²) in [6.07, 6.45) is 1.74. The summed E-state index contributed by atoms with van der Waals surface area (Å²) >= 11 is 0. The second-order valence-electron chi connectivity index (χ2n) is 7.28. The molecule has 3 heterocycles. The van der Waals surface area contributed by atoms with Gasteiger partial charge in [-0.25, -0.2) is 13.8 Å². The summed E-state index contributed by atoms with van der Waals surface area (Å²) in [5.74, 6) is -1.07. The number of H-pyrrole nitrogens is 1. The number of aromatic amines is 1. The van der Waals surface area contributed by atoms with Crippen molar-refractivity contribution >= 4 is 11.7 Å². The Balaban J connectivity index is 1.33. The molecule has 2 N–H and O–H groups in total. The van der Waals surface area contributed by atoms with Crippen LogP contribution in [0.5, 0.6) is 5.75 Å². The minimum Gasteiger partial charge on any atom is -0.493 e. The molecule has 4 rings (SSSR count). The van der Waals surface area contributed by atoms with Crippen LogP contribution in [0.2, 0.25) is 0 Å². The van der Waals surface area contributed by atoms with Crippen LogP contribution in [-0.2, 0) is 11.2 Å². The maximum atomic E-state index is 13.3. The minimum atomic E-state index is -0.950. The van der Waals surface area contributed by atoms with Crippen LogP contribution in [0, 0.1) is 11.6 Å². The SMILES string of the molecule is CNc1cc(C(=O)N2CCO[C@@H](c3cc(CCOc4ccc(F)c(F)c4)[nH]n3)C2)ccn1. The molecule has 1 aliphatic rings. The largest absolute Gasteiger partial charge is 0.493 e. The van der Waals surface area contributed by atoms with Gasteiger partial charge in [-0.3, -0.25) is 9.89 Å². The van der Waals surface area contributed by atoms with Crippen LogP contribution in [0.15, 0.2) is 42.6 Å². The summed E-state index contributed by atoms with van der Waals surface area (Å²) in [5.41, 5.74) is 2.06. The summed E-state index contributed by atoms with van der Waals surface area (Å²) in [7, 11) is 1.75. The van der Waals surface area contributed by atoms with Crippen molar-refractivity contribution < 1.29 is 23.0 Å². The average Bonchev–Trinajstić information content (AvgIpc) is 3.30. The predicted molar refractivity (Wildman–Crippen MR) is 113 cm³/mol. The van der Waals surface area contributed by atoms with Gasteiger partial charge in [0.2, 0.25) is 0 Å². The number of benzene rings is 1. The maximum Gasteiger partial charge on any atom is 0.254 e. The highest BCUT2D eigenvalue weighted by Crippen LogP contribution is 2.23. The fraction of sp³-hybridized carbons (Fsp3) is 0.318. The van der Waals surface area contributed by atoms with E-state index in [4.69, 9.17) is 9.47 Å². The molecular weight excluding hydrogens is 420 g/mol. The Morgan fingerprint density at radius 3 is 2.97 bits per heavy atom. The lowest BCUT2D eigenvalue weighted by atomic mass is 10.1. The smallest absolute Gasteiger partial charge is 0.254 e. The van der Waals surface area contributed by atoms with E-state index in [9.17, 15) is 13.6 Å². The number of carbonyl (C=O) groups is 1. The van der Waals surface area contributed by atoms with Crippen LogP contribution in [0.4, 0.5) is 14.6 Å². The fourth-order valence-corrected chi connectivity index (χ4v) is 3.41. The molecule has 8 nitrogen and oxygen atoms in total. The highest BCUT2D eigenvalue weighted by Gasteiger charge is 2.28. The third kappa shape index (κ3) is 5.02. The molecule has 1 atom stereocenters. The molecule has 1 saturated heterocycles. The van der Waals surface area contributed by atoms with Crippen molar-refractivity contribution in [2.75, 3.05) is 38.7 Å². The van der Waals surface area contributed by atoms with Gasteiger partial charge >= 0.3 is 0 Å². The Morgan fingerprint density at radius 1 is 1.28 bits per heavy atom. The molecule has 32 heavy (non-hydrogen) atoms. The monoisotopic (exact) mass is 443 g/mol. The molecule has 10 heteroatoms. The normalized spacial score (nSPS) is 16.1. The molecule has 2 aromatic heterocycles. The maximum absolute atomic E-state index is 13.3. The van der Waals surface area contributed by atoms with E-state index in [1.807, 2.05) is 6.07 Å². The van der Waals surface area contributed by atoms with Gasteiger partial charge in [0.05, 0.1) is 25.5 Å². The molecule has 0 saturated carbocycles. The van der Waals surface area contributed by atoms with Crippen LogP contribution < -0.4 is 10.1 Å². The first-order valence-electron chi connectivity index (χ1n) is 10.2. The van der Waals surface area contributed by atoms with Crippen LogP contribution in [0.25, 0.3) is 0 Å². The quantitative estimate of drug-likeness (QED) is 0.583. The molecule has 0 aliphatic carbocycles. The van der Waals surface area contributed by atoms with Crippen molar-refractivity contribution in [3.8, 4) is 5.75 Å². The number of hydrogen-bond acceptors (Lipinski definition) is 6. The summed E-state index contributed by atoms with van der Waals surface area (Å²) < 4.78 is 37.5. The first kappa shape index (κ1) is 21.7. The first-order valence-corrected chi connectivity index (χ1v) is 10.2. The zero-order valence-corrected chi connectivity index (χ0v) is 17.5. The number of nitrogens with zero attached hydrogens (tertiary/aromatic N) is 3. The second-order valence-corrected chi connectivity index (χ2v) is 7.28. The Kier molecular flexibility index (Phi) is 6.60. The van der Waals surface area contributed by atoms with E-state index in [0.29, 0.717) is 43.2 Å². The minimum absolute atomic E-state index is 0.0899. The third-order valence-corrected chi connectivity index (χ3v) is 5.13. The number of rotatable bonds is 7. The van der Waals surface area contributed by atoms with Crippen molar-refractivity contribution in [1.29, 1.82) is 0 Å². The second kappa shape index (κ2) is 9.73. The number of aromatic nitrogens is 3. The van der Waals surface area contributed by atoms with Crippen LogP contribution in [-0.4, -0.2) is 59.3 Å². The summed E-state index contributed by atoms with van der Waals surface area (Å²) in [6.45, 7) is 1.54.